The summed E-state index contributed by atoms with van der Waals surface area (Å²) in [6.45, 7) is 5.42. The lowest BCUT2D eigenvalue weighted by Crippen LogP contribution is -2.48. The van der Waals surface area contributed by atoms with Gasteiger partial charge in [0, 0.05) is 37.1 Å². The van der Waals surface area contributed by atoms with E-state index in [9.17, 15) is 23.5 Å². The van der Waals surface area contributed by atoms with E-state index in [-0.39, 0.29) is 26.0 Å². The largest absolute Gasteiger partial charge is 0.444 e. The van der Waals surface area contributed by atoms with Crippen molar-refractivity contribution >= 4 is 45.0 Å². The second-order valence-electron chi connectivity index (χ2n) is 12.0. The van der Waals surface area contributed by atoms with Crippen LogP contribution in [0.1, 0.15) is 67.9 Å². The van der Waals surface area contributed by atoms with E-state index in [1.807, 2.05) is 18.2 Å². The minimum absolute atomic E-state index is 0.0528. The summed E-state index contributed by atoms with van der Waals surface area (Å²) in [6, 6.07) is 12.3. The number of pyridine rings is 1. The molecule has 1 fully saturated rings. The molecule has 4 aromatic rings. The zero-order valence-corrected chi connectivity index (χ0v) is 26.5. The summed E-state index contributed by atoms with van der Waals surface area (Å²) in [7, 11) is 1.70. The number of carbonyl (C=O) groups is 2. The minimum atomic E-state index is -1.38. The molecule has 232 valence electrons. The van der Waals surface area contributed by atoms with Gasteiger partial charge in [0.1, 0.15) is 22.1 Å². The van der Waals surface area contributed by atoms with E-state index in [1.165, 1.54) is 4.90 Å². The van der Waals surface area contributed by atoms with Crippen LogP contribution >= 0.6 is 22.9 Å². The Kier molecular flexibility index (Phi) is 9.25. The Hall–Kier alpha value is -3.60. The molecule has 0 bridgehead atoms. The molecular weight excluding hydrogens is 608 g/mol. The van der Waals surface area contributed by atoms with Crippen LogP contribution in [0.3, 0.4) is 0 Å². The van der Waals surface area contributed by atoms with Gasteiger partial charge in [0.15, 0.2) is 6.23 Å². The van der Waals surface area contributed by atoms with E-state index < -0.39 is 41.5 Å². The summed E-state index contributed by atoms with van der Waals surface area (Å²) in [6.07, 6.45) is 3.57. The number of amides is 2. The molecule has 2 aromatic carbocycles. The lowest BCUT2D eigenvalue weighted by atomic mass is 9.88. The lowest BCUT2D eigenvalue weighted by Gasteiger charge is -2.41. The number of aromatic nitrogens is 1. The van der Waals surface area contributed by atoms with Crippen molar-refractivity contribution in [2.45, 2.75) is 70.4 Å². The molecule has 0 radical (unpaired) electrons. The molecule has 0 spiro atoms. The quantitative estimate of drug-likeness (QED) is 0.215. The van der Waals surface area contributed by atoms with Crippen LogP contribution in [-0.2, 0) is 4.74 Å². The number of hydrogen-bond donors (Lipinski definition) is 1. The zero-order valence-electron chi connectivity index (χ0n) is 24.9. The molecule has 2 aromatic heterocycles. The van der Waals surface area contributed by atoms with Crippen LogP contribution in [0, 0.1) is 11.6 Å². The molecule has 1 saturated carbocycles. The number of aliphatic hydroxyl groups is 1. The third-order valence-corrected chi connectivity index (χ3v) is 9.54. The van der Waals surface area contributed by atoms with Crippen LogP contribution in [-0.4, -0.2) is 56.6 Å². The first-order chi connectivity index (χ1) is 20.9. The molecular formula is C33H34ClF2N3O4S. The number of fused-ring (bicyclic) bond motifs is 1. The Balaban J connectivity index is 1.48. The summed E-state index contributed by atoms with van der Waals surface area (Å²) < 4.78 is 34.8. The van der Waals surface area contributed by atoms with Crippen LogP contribution in [0.4, 0.5) is 13.6 Å². The summed E-state index contributed by atoms with van der Waals surface area (Å²) in [5.41, 5.74) is 1.54. The third-order valence-electron chi connectivity index (χ3n) is 7.86. The number of ether oxygens (including phenoxy) is 1. The van der Waals surface area contributed by atoms with Crippen molar-refractivity contribution in [3.63, 3.8) is 0 Å². The molecule has 5 rings (SSSR count). The van der Waals surface area contributed by atoms with Crippen molar-refractivity contribution < 1.29 is 28.2 Å². The maximum atomic E-state index is 14.7. The number of halogens is 3. The van der Waals surface area contributed by atoms with Gasteiger partial charge in [0.25, 0.3) is 5.91 Å². The molecule has 1 unspecified atom stereocenters. The highest BCUT2D eigenvalue weighted by atomic mass is 35.5. The van der Waals surface area contributed by atoms with Crippen molar-refractivity contribution in [1.82, 2.24) is 14.8 Å². The van der Waals surface area contributed by atoms with Crippen LogP contribution in [0.2, 0.25) is 5.02 Å². The normalized spacial score (nSPS) is 17.7. The van der Waals surface area contributed by atoms with E-state index in [0.717, 1.165) is 34.6 Å². The molecule has 11 heteroatoms. The number of benzene rings is 2. The molecule has 0 aliphatic heterocycles. The maximum Gasteiger partial charge on any atom is 0.410 e. The zero-order chi connectivity index (χ0) is 31.8. The molecule has 0 saturated heterocycles. The van der Waals surface area contributed by atoms with E-state index >= 15 is 0 Å². The third kappa shape index (κ3) is 6.57. The minimum Gasteiger partial charge on any atom is -0.444 e. The predicted octanol–water partition coefficient (Wildman–Crippen LogP) is 8.21. The molecule has 44 heavy (non-hydrogen) atoms. The fourth-order valence-corrected chi connectivity index (χ4v) is 7.11. The number of rotatable bonds is 6. The second-order valence-corrected chi connectivity index (χ2v) is 13.4. The van der Waals surface area contributed by atoms with E-state index in [0.29, 0.717) is 31.2 Å². The monoisotopic (exact) mass is 641 g/mol. The average molecular weight is 642 g/mol. The number of hydrogen-bond acceptors (Lipinski definition) is 6. The number of nitrogens with zero attached hydrogens (tertiary/aromatic N) is 3. The Morgan fingerprint density at radius 3 is 2.27 bits per heavy atom. The van der Waals surface area contributed by atoms with Gasteiger partial charge in [0.05, 0.1) is 15.1 Å². The molecule has 2 heterocycles. The van der Waals surface area contributed by atoms with Crippen molar-refractivity contribution in [2.24, 2.45) is 0 Å². The van der Waals surface area contributed by atoms with E-state index in [1.54, 1.807) is 63.3 Å². The molecule has 1 aliphatic rings. The van der Waals surface area contributed by atoms with Crippen molar-refractivity contribution in [2.75, 3.05) is 7.05 Å². The van der Waals surface area contributed by atoms with Gasteiger partial charge < -0.3 is 19.6 Å². The smallest absolute Gasteiger partial charge is 0.410 e. The fraction of sp³-hybridized carbons (Fsp3) is 0.364. The van der Waals surface area contributed by atoms with E-state index in [2.05, 4.69) is 4.98 Å². The van der Waals surface area contributed by atoms with Crippen molar-refractivity contribution in [1.29, 1.82) is 0 Å². The lowest BCUT2D eigenvalue weighted by molar-refractivity contribution is -0.0283. The second kappa shape index (κ2) is 12.8. The Morgan fingerprint density at radius 2 is 1.64 bits per heavy atom. The molecule has 1 aliphatic carbocycles. The molecule has 7 nitrogen and oxygen atoms in total. The van der Waals surface area contributed by atoms with Crippen LogP contribution < -0.4 is 0 Å². The number of thiophene rings is 1. The highest BCUT2D eigenvalue weighted by molar-refractivity contribution is 7.21. The summed E-state index contributed by atoms with van der Waals surface area (Å²) in [5.74, 6) is -2.04. The molecule has 1 N–H and O–H groups in total. The number of aliphatic hydroxyl groups excluding tert-OH is 1. The first-order valence-electron chi connectivity index (χ1n) is 14.4. The first kappa shape index (κ1) is 31.8. The molecule has 2 amide bonds. The molecule has 1 atom stereocenters. The van der Waals surface area contributed by atoms with Crippen molar-refractivity contribution in [3.8, 4) is 11.1 Å². The van der Waals surface area contributed by atoms with Crippen molar-refractivity contribution in [3.05, 3.63) is 88.0 Å². The van der Waals surface area contributed by atoms with Gasteiger partial charge in [-0.2, -0.15) is 0 Å². The van der Waals surface area contributed by atoms with Gasteiger partial charge in [0.2, 0.25) is 0 Å². The average Bonchev–Trinajstić information content (AvgIpc) is 3.37. The SMILES string of the molecule is CN(C(=O)OC(C)(C)C)C1CCC(N(C(=O)c2sc3c(F)ccc(F)c3c2Cl)C(O)c2cccc(-c3ccncc3)c2)CC1. The van der Waals surface area contributed by atoms with Crippen LogP contribution in [0.25, 0.3) is 21.2 Å². The van der Waals surface area contributed by atoms with Crippen LogP contribution in [0.15, 0.2) is 60.9 Å². The van der Waals surface area contributed by atoms with Gasteiger partial charge >= 0.3 is 6.09 Å². The van der Waals surface area contributed by atoms with E-state index in [4.69, 9.17) is 16.3 Å². The maximum absolute atomic E-state index is 14.7. The van der Waals surface area contributed by atoms with Gasteiger partial charge in [-0.1, -0.05) is 29.8 Å². The predicted molar refractivity (Wildman–Crippen MR) is 168 cm³/mol. The van der Waals surface area contributed by atoms with Gasteiger partial charge in [-0.15, -0.1) is 11.3 Å². The number of carbonyl (C=O) groups excluding carboxylic acids is 2. The van der Waals surface area contributed by atoms with Gasteiger partial charge in [-0.3, -0.25) is 9.78 Å². The summed E-state index contributed by atoms with van der Waals surface area (Å²) in [4.78, 5) is 33.9. The topological polar surface area (TPSA) is 83.0 Å². The highest BCUT2D eigenvalue weighted by Gasteiger charge is 2.38. The first-order valence-corrected chi connectivity index (χ1v) is 15.6. The summed E-state index contributed by atoms with van der Waals surface area (Å²) in [5, 5.41) is 11.5. The Labute approximate surface area is 264 Å². The Bertz CT molecular complexity index is 1670. The highest BCUT2D eigenvalue weighted by Crippen LogP contribution is 2.41. The van der Waals surface area contributed by atoms with Crippen LogP contribution in [0.5, 0.6) is 0 Å². The summed E-state index contributed by atoms with van der Waals surface area (Å²) >= 11 is 7.30. The van der Waals surface area contributed by atoms with Gasteiger partial charge in [-0.05, 0) is 87.9 Å². The fourth-order valence-electron chi connectivity index (χ4n) is 5.62. The van der Waals surface area contributed by atoms with Gasteiger partial charge in [-0.25, -0.2) is 13.6 Å². The standard InChI is InChI=1S/C33H34ClF2N3O4S/c1-33(2,3)43-32(42)38(4)22-8-10-23(11-9-22)39(30(40)21-7-5-6-20(18-21)19-14-16-37-17-15-19)31(41)29-27(34)26-24(35)12-13-25(36)28(26)44-29/h5-7,12-18,22-23,30,40H,8-11H2,1-4H3. The Morgan fingerprint density at radius 1 is 1.00 bits per heavy atom.